The molecule has 9 rings (SSSR count). The molecule has 3 amide bonds. The zero-order valence-electron chi connectivity index (χ0n) is 41.9. The number of thiophene rings is 2. The summed E-state index contributed by atoms with van der Waals surface area (Å²) in [4.78, 5) is 64.7. The molecule has 0 spiro atoms. The van der Waals surface area contributed by atoms with Gasteiger partial charge in [0, 0.05) is 49.0 Å². The van der Waals surface area contributed by atoms with Crippen LogP contribution in [0.5, 0.6) is 5.75 Å². The van der Waals surface area contributed by atoms with Crippen LogP contribution in [0.1, 0.15) is 108 Å². The first-order valence-electron chi connectivity index (χ1n) is 24.6. The van der Waals surface area contributed by atoms with E-state index in [1.54, 1.807) is 22.7 Å². The Morgan fingerprint density at radius 3 is 2.31 bits per heavy atom. The van der Waals surface area contributed by atoms with Gasteiger partial charge in [-0.1, -0.05) is 74.8 Å². The third kappa shape index (κ3) is 10.5. The highest BCUT2D eigenvalue weighted by molar-refractivity contribution is 7.13. The van der Waals surface area contributed by atoms with Gasteiger partial charge in [0.1, 0.15) is 18.4 Å². The number of nitrogens with zero attached hydrogens (tertiary/aromatic N) is 3. The molecule has 0 fully saturated rings. The van der Waals surface area contributed by atoms with Gasteiger partial charge in [0.2, 0.25) is 17.7 Å². The maximum Gasteiger partial charge on any atom is 0.228 e. The quantitative estimate of drug-likeness (QED) is 0.0761. The van der Waals surface area contributed by atoms with Crippen molar-refractivity contribution < 1.29 is 29.0 Å². The highest BCUT2D eigenvalue weighted by Gasteiger charge is 2.46. The van der Waals surface area contributed by atoms with Gasteiger partial charge in [0.25, 0.3) is 0 Å². The topological polar surface area (TPSA) is 171 Å². The Labute approximate surface area is 434 Å². The van der Waals surface area contributed by atoms with Crippen LogP contribution in [0, 0.1) is 43.9 Å². The lowest BCUT2D eigenvalue weighted by atomic mass is 9.76. The number of allylic oxidation sites excluding steroid dienone is 1. The van der Waals surface area contributed by atoms with E-state index < -0.39 is 35.3 Å². The van der Waals surface area contributed by atoms with Gasteiger partial charge in [-0.2, -0.15) is 10.2 Å². The van der Waals surface area contributed by atoms with Gasteiger partial charge in [0.05, 0.1) is 59.8 Å². The van der Waals surface area contributed by atoms with Gasteiger partial charge < -0.3 is 25.8 Å². The summed E-state index contributed by atoms with van der Waals surface area (Å²) in [5, 5.41) is 31.6. The minimum absolute atomic E-state index is 0.0120. The molecule has 4 heterocycles. The van der Waals surface area contributed by atoms with Crippen molar-refractivity contribution in [3.05, 3.63) is 144 Å². The standard InChI is InChI=1S/C57H61ClN6O6S2/c1-29-19-22-71-52(29)36-11-9-34(10-12-36)31(3)60-56(69)44-27-41(65)26-43(44)51(67)54(57(6,7)8)62-55(68)39-23-37-15-18-42(25-38(37)24-39)70-21-20-59-46(66)28-45-50-48(32(4)63-64-50)53-47(30(2)33(5)72-53)49(61-45)35-13-16-40(58)17-14-35/h9-19,22,25,27,31,39,43-45,48,54,65H,20-21,23-24,26,28H2,1-8H3,(H,59,66)(H,60,69)(H,62,68)/t31-,39?,43?,44+,45-,48?,54+/m0/s1. The molecule has 3 unspecified atom stereocenters. The highest BCUT2D eigenvalue weighted by atomic mass is 35.5. The van der Waals surface area contributed by atoms with Crippen molar-refractivity contribution in [1.82, 2.24) is 16.0 Å². The van der Waals surface area contributed by atoms with Crippen LogP contribution in [-0.4, -0.2) is 71.0 Å². The van der Waals surface area contributed by atoms with E-state index in [2.05, 4.69) is 58.4 Å². The summed E-state index contributed by atoms with van der Waals surface area (Å²) in [6, 6.07) is 21.8. The van der Waals surface area contributed by atoms with E-state index in [9.17, 15) is 24.3 Å². The normalized spacial score (nSPS) is 20.9. The van der Waals surface area contributed by atoms with Crippen LogP contribution in [0.3, 0.4) is 0 Å². The van der Waals surface area contributed by atoms with E-state index in [0.29, 0.717) is 23.6 Å². The number of aliphatic hydroxyl groups excluding tert-OH is 1. The SMILES string of the molecule is CC1=NN=C2C1c1sc(C)c(C)c1C(c1ccc(Cl)cc1)=N[C@H]2CC(=O)NCCOc1ccc2c(c1)CC(C(=O)N[C@H](C(=O)C1CC(O)=C[C@H]1C(=O)N[C@@H](C)c1ccc(-c3sccc3C)cc1)C(C)(C)C)C2. The minimum atomic E-state index is -0.903. The number of amides is 3. The summed E-state index contributed by atoms with van der Waals surface area (Å²) in [5.41, 5.74) is 10.2. The molecule has 3 aromatic carbocycles. The summed E-state index contributed by atoms with van der Waals surface area (Å²) in [6.45, 7) is 16.4. The van der Waals surface area contributed by atoms with Crippen molar-refractivity contribution in [2.45, 2.75) is 105 Å². The molecule has 0 radical (unpaired) electrons. The van der Waals surface area contributed by atoms with Crippen molar-refractivity contribution in [2.75, 3.05) is 13.2 Å². The first kappa shape index (κ1) is 50.7. The van der Waals surface area contributed by atoms with Crippen LogP contribution >= 0.6 is 34.3 Å². The molecule has 2 aromatic heterocycles. The molecule has 0 saturated heterocycles. The zero-order valence-corrected chi connectivity index (χ0v) is 44.3. The van der Waals surface area contributed by atoms with Gasteiger partial charge in [0.15, 0.2) is 5.78 Å². The zero-order chi connectivity index (χ0) is 51.2. The predicted octanol–water partition coefficient (Wildman–Crippen LogP) is 10.5. The monoisotopic (exact) mass is 1020 g/mol. The molecule has 374 valence electrons. The average molecular weight is 1030 g/mol. The molecular formula is C57H61ClN6O6S2. The Balaban J connectivity index is 0.787. The van der Waals surface area contributed by atoms with E-state index in [1.807, 2.05) is 101 Å². The number of Topliss-reactive ketones (excluding diaryl/α,β-unsaturated/α-hetero) is 1. The molecule has 2 aliphatic heterocycles. The van der Waals surface area contributed by atoms with Crippen molar-refractivity contribution in [2.24, 2.45) is 38.4 Å². The molecule has 4 aliphatic rings. The lowest BCUT2D eigenvalue weighted by Gasteiger charge is -2.34. The number of halogens is 1. The van der Waals surface area contributed by atoms with Crippen molar-refractivity contribution >= 4 is 74.9 Å². The number of hydrogen-bond donors (Lipinski definition) is 4. The number of nitrogens with one attached hydrogen (secondary N) is 3. The fraction of sp³-hybridized carbons (Fsp3) is 0.386. The molecule has 0 saturated carbocycles. The van der Waals surface area contributed by atoms with Gasteiger partial charge in [-0.3, -0.25) is 24.2 Å². The molecule has 2 aliphatic carbocycles. The molecule has 0 bridgehead atoms. The van der Waals surface area contributed by atoms with Crippen LogP contribution < -0.4 is 20.7 Å². The van der Waals surface area contributed by atoms with Crippen LogP contribution in [0.25, 0.3) is 10.4 Å². The van der Waals surface area contributed by atoms with E-state index in [0.717, 1.165) is 61.0 Å². The summed E-state index contributed by atoms with van der Waals surface area (Å²) < 4.78 is 6.12. The number of aliphatic hydroxyl groups is 1. The third-order valence-corrected chi connectivity index (χ3v) is 17.1. The lowest BCUT2D eigenvalue weighted by Crippen LogP contribution is -2.54. The summed E-state index contributed by atoms with van der Waals surface area (Å²) >= 11 is 9.69. The molecule has 7 atom stereocenters. The Morgan fingerprint density at radius 2 is 1.60 bits per heavy atom. The number of hydrogen-bond acceptors (Lipinski definition) is 11. The number of carbonyl (C=O) groups is 4. The first-order chi connectivity index (χ1) is 34.3. The van der Waals surface area contributed by atoms with Crippen LogP contribution in [0.4, 0.5) is 0 Å². The second kappa shape index (κ2) is 20.7. The maximum atomic E-state index is 14.5. The molecule has 4 N–H and O–H groups in total. The Bertz CT molecular complexity index is 3070. The fourth-order valence-corrected chi connectivity index (χ4v) is 12.8. The van der Waals surface area contributed by atoms with E-state index in [4.69, 9.17) is 21.3 Å². The molecule has 15 heteroatoms. The molecular weight excluding hydrogens is 964 g/mol. The van der Waals surface area contributed by atoms with Crippen LogP contribution in [-0.2, 0) is 32.0 Å². The van der Waals surface area contributed by atoms with Gasteiger partial charge in [-0.05, 0) is 128 Å². The van der Waals surface area contributed by atoms with Crippen molar-refractivity contribution in [3.63, 3.8) is 0 Å². The number of fused-ring (bicyclic) bond motifs is 4. The number of ether oxygens (including phenoxy) is 1. The molecule has 12 nitrogen and oxygen atoms in total. The van der Waals surface area contributed by atoms with Gasteiger partial charge in [-0.15, -0.1) is 22.7 Å². The molecule has 72 heavy (non-hydrogen) atoms. The van der Waals surface area contributed by atoms with Gasteiger partial charge >= 0.3 is 0 Å². The summed E-state index contributed by atoms with van der Waals surface area (Å²) in [7, 11) is 0. The van der Waals surface area contributed by atoms with E-state index >= 15 is 0 Å². The maximum absolute atomic E-state index is 14.5. The number of carbonyl (C=O) groups excluding carboxylic acids is 4. The number of aryl methyl sites for hydroxylation is 2. The number of aliphatic imine (C=N–C) groups is 1. The first-order valence-corrected chi connectivity index (χ1v) is 26.7. The van der Waals surface area contributed by atoms with E-state index in [-0.39, 0.29) is 67.2 Å². The number of rotatable bonds is 15. The van der Waals surface area contributed by atoms with E-state index in [1.165, 1.54) is 21.4 Å². The van der Waals surface area contributed by atoms with Crippen LogP contribution in [0.2, 0.25) is 5.02 Å². The summed E-state index contributed by atoms with van der Waals surface area (Å²) in [6.07, 6.45) is 2.54. The highest BCUT2D eigenvalue weighted by Crippen LogP contribution is 2.42. The fourth-order valence-electron chi connectivity index (χ4n) is 10.4. The second-order valence-corrected chi connectivity index (χ2v) is 23.3. The largest absolute Gasteiger partial charge is 0.513 e. The Kier molecular flexibility index (Phi) is 14.6. The lowest BCUT2D eigenvalue weighted by molar-refractivity contribution is -0.137. The number of benzene rings is 3. The minimum Gasteiger partial charge on any atom is -0.513 e. The Morgan fingerprint density at radius 1 is 0.875 bits per heavy atom. The second-order valence-electron chi connectivity index (χ2n) is 20.6. The average Bonchev–Trinajstić information content (AvgIpc) is 4.18. The van der Waals surface area contributed by atoms with Crippen molar-refractivity contribution in [3.8, 4) is 16.2 Å². The Hall–Kier alpha value is -6.22. The number of ketones is 1. The molecule has 5 aromatic rings. The smallest absolute Gasteiger partial charge is 0.228 e. The van der Waals surface area contributed by atoms with Gasteiger partial charge in [-0.25, -0.2) is 0 Å². The predicted molar refractivity (Wildman–Crippen MR) is 288 cm³/mol. The summed E-state index contributed by atoms with van der Waals surface area (Å²) in [5.74, 6) is -2.75. The van der Waals surface area contributed by atoms with Crippen molar-refractivity contribution in [1.29, 1.82) is 0 Å². The third-order valence-electron chi connectivity index (χ3n) is 14.5. The van der Waals surface area contributed by atoms with Crippen LogP contribution in [0.15, 0.2) is 105 Å².